The number of H-pyrrole nitrogens is 1. The second-order valence-electron chi connectivity index (χ2n) is 6.22. The van der Waals surface area contributed by atoms with Gasteiger partial charge in [0.05, 0.1) is 17.1 Å². The summed E-state index contributed by atoms with van der Waals surface area (Å²) >= 11 is 0. The third-order valence-corrected chi connectivity index (χ3v) is 4.42. The van der Waals surface area contributed by atoms with E-state index in [-0.39, 0.29) is 0 Å². The minimum Gasteiger partial charge on any atom is -0.492 e. The fraction of sp³-hybridized carbons (Fsp3) is 0.136. The summed E-state index contributed by atoms with van der Waals surface area (Å²) < 4.78 is 5.86. The third kappa shape index (κ3) is 3.39. The molecule has 0 unspecified atom stereocenters. The van der Waals surface area contributed by atoms with Gasteiger partial charge in [-0.2, -0.15) is 5.26 Å². The Hall–Kier alpha value is -3.29. The minimum absolute atomic E-state index is 0.608. The van der Waals surface area contributed by atoms with Crippen molar-refractivity contribution in [1.82, 2.24) is 10.3 Å². The second kappa shape index (κ2) is 7.30. The van der Waals surface area contributed by atoms with Crippen LogP contribution >= 0.6 is 0 Å². The van der Waals surface area contributed by atoms with Crippen LogP contribution in [-0.4, -0.2) is 18.1 Å². The Morgan fingerprint density at radius 1 is 0.923 bits per heavy atom. The first-order chi connectivity index (χ1) is 12.8. The first-order valence-electron chi connectivity index (χ1n) is 8.66. The number of benzene rings is 3. The topological polar surface area (TPSA) is 60.8 Å². The monoisotopic (exact) mass is 341 g/mol. The molecule has 1 heterocycles. The van der Waals surface area contributed by atoms with Gasteiger partial charge in [-0.3, -0.25) is 0 Å². The number of hydrogen-bond acceptors (Lipinski definition) is 3. The van der Waals surface area contributed by atoms with E-state index in [2.05, 4.69) is 34.6 Å². The maximum absolute atomic E-state index is 9.04. The van der Waals surface area contributed by atoms with Crippen LogP contribution in [-0.2, 0) is 6.54 Å². The molecule has 4 heteroatoms. The lowest BCUT2D eigenvalue weighted by molar-refractivity contribution is 0.314. The predicted molar refractivity (Wildman–Crippen MR) is 104 cm³/mol. The van der Waals surface area contributed by atoms with Gasteiger partial charge in [0.15, 0.2) is 0 Å². The summed E-state index contributed by atoms with van der Waals surface area (Å²) in [5.74, 6) is 0.839. The van der Waals surface area contributed by atoms with Crippen molar-refractivity contribution in [1.29, 1.82) is 5.26 Å². The third-order valence-electron chi connectivity index (χ3n) is 4.42. The number of hydrogen-bond donors (Lipinski definition) is 2. The lowest BCUT2D eigenvalue weighted by Crippen LogP contribution is -2.20. The van der Waals surface area contributed by atoms with Gasteiger partial charge in [0.2, 0.25) is 0 Å². The normalized spacial score (nSPS) is 10.9. The van der Waals surface area contributed by atoms with Gasteiger partial charge >= 0.3 is 0 Å². The molecule has 1 aromatic heterocycles. The van der Waals surface area contributed by atoms with Crippen molar-refractivity contribution in [3.05, 3.63) is 77.9 Å². The first-order valence-corrected chi connectivity index (χ1v) is 8.66. The Morgan fingerprint density at radius 2 is 1.69 bits per heavy atom. The van der Waals surface area contributed by atoms with Gasteiger partial charge in [-0.15, -0.1) is 0 Å². The molecule has 0 radical (unpaired) electrons. The van der Waals surface area contributed by atoms with Crippen molar-refractivity contribution in [2.24, 2.45) is 0 Å². The lowest BCUT2D eigenvalue weighted by atomic mass is 10.1. The average molecular weight is 341 g/mol. The number of nitriles is 1. The second-order valence-corrected chi connectivity index (χ2v) is 6.22. The Morgan fingerprint density at radius 3 is 2.50 bits per heavy atom. The fourth-order valence-corrected chi connectivity index (χ4v) is 3.12. The highest BCUT2D eigenvalue weighted by Crippen LogP contribution is 2.28. The van der Waals surface area contributed by atoms with Crippen molar-refractivity contribution in [3.8, 4) is 11.8 Å². The molecule has 3 aromatic carbocycles. The van der Waals surface area contributed by atoms with Crippen LogP contribution in [0.3, 0.4) is 0 Å². The Kier molecular flexibility index (Phi) is 4.55. The zero-order valence-corrected chi connectivity index (χ0v) is 14.3. The van der Waals surface area contributed by atoms with E-state index in [1.54, 1.807) is 0 Å². The molecule has 4 aromatic rings. The molecule has 0 atom stereocenters. The summed E-state index contributed by atoms with van der Waals surface area (Å²) in [5.41, 5.74) is 3.92. The summed E-state index contributed by atoms with van der Waals surface area (Å²) in [6.07, 6.45) is 0. The number of nitrogens with one attached hydrogen (secondary N) is 2. The predicted octanol–water partition coefficient (Wildman–Crippen LogP) is 4.36. The maximum atomic E-state index is 9.04. The van der Waals surface area contributed by atoms with E-state index >= 15 is 0 Å². The standard InChI is InChI=1S/C22H19N3O/c23-14-17-6-8-19-20-9-7-18(13-22(20)25-21(19)12-17)26-11-10-24-15-16-4-2-1-3-5-16/h1-9,12-13,24-25H,10-11,15H2. The number of aromatic amines is 1. The number of ether oxygens (including phenoxy) is 1. The van der Waals surface area contributed by atoms with Gasteiger partial charge in [0.25, 0.3) is 0 Å². The van der Waals surface area contributed by atoms with Crippen LogP contribution in [0.15, 0.2) is 66.7 Å². The SMILES string of the molecule is N#Cc1ccc2c(c1)[nH]c1cc(OCCNCc3ccccc3)ccc12. The van der Waals surface area contributed by atoms with E-state index in [0.29, 0.717) is 12.2 Å². The summed E-state index contributed by atoms with van der Waals surface area (Å²) in [6, 6.07) is 24.3. The number of rotatable bonds is 6. The minimum atomic E-state index is 0.608. The molecule has 0 saturated carbocycles. The quantitative estimate of drug-likeness (QED) is 0.512. The van der Waals surface area contributed by atoms with E-state index in [9.17, 15) is 0 Å². The molecule has 2 N–H and O–H groups in total. The van der Waals surface area contributed by atoms with Crippen LogP contribution in [0.2, 0.25) is 0 Å². The Bertz CT molecular complexity index is 1080. The summed E-state index contributed by atoms with van der Waals surface area (Å²) in [5, 5.41) is 14.7. The van der Waals surface area contributed by atoms with E-state index in [4.69, 9.17) is 10.00 Å². The molecule has 4 nitrogen and oxygen atoms in total. The van der Waals surface area contributed by atoms with Crippen molar-refractivity contribution in [2.75, 3.05) is 13.2 Å². The van der Waals surface area contributed by atoms with Crippen LogP contribution < -0.4 is 10.1 Å². The molecular weight excluding hydrogens is 322 g/mol. The molecule has 128 valence electrons. The van der Waals surface area contributed by atoms with Gasteiger partial charge in [0.1, 0.15) is 12.4 Å². The summed E-state index contributed by atoms with van der Waals surface area (Å²) in [7, 11) is 0. The van der Waals surface area contributed by atoms with Crippen LogP contribution in [0.1, 0.15) is 11.1 Å². The van der Waals surface area contributed by atoms with Gasteiger partial charge in [-0.05, 0) is 29.8 Å². The molecule has 0 aliphatic carbocycles. The molecule has 0 amide bonds. The van der Waals surface area contributed by atoms with Gasteiger partial charge in [0, 0.05) is 35.4 Å². The number of fused-ring (bicyclic) bond motifs is 3. The van der Waals surface area contributed by atoms with E-state index in [1.807, 2.05) is 48.5 Å². The average Bonchev–Trinajstić information content (AvgIpc) is 3.05. The van der Waals surface area contributed by atoms with Crippen molar-refractivity contribution >= 4 is 21.8 Å². The van der Waals surface area contributed by atoms with Crippen molar-refractivity contribution < 1.29 is 4.74 Å². The maximum Gasteiger partial charge on any atom is 0.121 e. The molecule has 0 aliphatic rings. The Labute approximate surface area is 152 Å². The first kappa shape index (κ1) is 16.2. The highest BCUT2D eigenvalue weighted by molar-refractivity contribution is 6.07. The molecule has 0 spiro atoms. The smallest absolute Gasteiger partial charge is 0.121 e. The van der Waals surface area contributed by atoms with Crippen molar-refractivity contribution in [2.45, 2.75) is 6.54 Å². The van der Waals surface area contributed by atoms with Gasteiger partial charge in [-0.1, -0.05) is 36.4 Å². The molecule has 26 heavy (non-hydrogen) atoms. The summed E-state index contributed by atoms with van der Waals surface area (Å²) in [4.78, 5) is 3.37. The number of aromatic nitrogens is 1. The highest BCUT2D eigenvalue weighted by Gasteiger charge is 2.06. The van der Waals surface area contributed by atoms with Crippen molar-refractivity contribution in [3.63, 3.8) is 0 Å². The molecule has 4 rings (SSSR count). The lowest BCUT2D eigenvalue weighted by Gasteiger charge is -2.08. The molecular formula is C22H19N3O. The fourth-order valence-electron chi connectivity index (χ4n) is 3.12. The van der Waals surface area contributed by atoms with Crippen LogP contribution in [0.5, 0.6) is 5.75 Å². The van der Waals surface area contributed by atoms with Crippen LogP contribution in [0.4, 0.5) is 0 Å². The van der Waals surface area contributed by atoms with E-state index in [1.165, 1.54) is 5.56 Å². The van der Waals surface area contributed by atoms with E-state index in [0.717, 1.165) is 40.6 Å². The zero-order chi connectivity index (χ0) is 17.8. The molecule has 0 saturated heterocycles. The molecule has 0 bridgehead atoms. The van der Waals surface area contributed by atoms with Crippen LogP contribution in [0.25, 0.3) is 21.8 Å². The van der Waals surface area contributed by atoms with Crippen LogP contribution in [0, 0.1) is 11.3 Å². The summed E-state index contributed by atoms with van der Waals surface area (Å²) in [6.45, 7) is 2.23. The van der Waals surface area contributed by atoms with Gasteiger partial charge < -0.3 is 15.0 Å². The largest absolute Gasteiger partial charge is 0.492 e. The van der Waals surface area contributed by atoms with Gasteiger partial charge in [-0.25, -0.2) is 0 Å². The zero-order valence-electron chi connectivity index (χ0n) is 14.3. The highest BCUT2D eigenvalue weighted by atomic mass is 16.5. The van der Waals surface area contributed by atoms with E-state index < -0.39 is 0 Å². The number of nitrogens with zero attached hydrogens (tertiary/aromatic N) is 1. The molecule has 0 aliphatic heterocycles. The Balaban J connectivity index is 1.39. The molecule has 0 fully saturated rings.